The van der Waals surface area contributed by atoms with Crippen molar-refractivity contribution in [2.75, 3.05) is 26.2 Å². The Morgan fingerprint density at radius 2 is 1.93 bits per heavy atom. The van der Waals surface area contributed by atoms with Gasteiger partial charge in [-0.05, 0) is 44.2 Å². The predicted octanol–water partition coefficient (Wildman–Crippen LogP) is 3.60. The van der Waals surface area contributed by atoms with E-state index in [1.165, 1.54) is 6.42 Å². The van der Waals surface area contributed by atoms with E-state index in [1.807, 2.05) is 30.3 Å². The molecule has 28 heavy (non-hydrogen) atoms. The van der Waals surface area contributed by atoms with E-state index in [0.717, 1.165) is 51.0 Å². The number of nitrogens with zero attached hydrogens (tertiary/aromatic N) is 4. The molecule has 1 aromatic heterocycles. The van der Waals surface area contributed by atoms with Gasteiger partial charge in [-0.1, -0.05) is 49.3 Å². The molecule has 0 saturated carbocycles. The lowest BCUT2D eigenvalue weighted by Gasteiger charge is -2.41. The molecule has 1 aromatic carbocycles. The van der Waals surface area contributed by atoms with Crippen molar-refractivity contribution in [2.45, 2.75) is 46.1 Å². The van der Waals surface area contributed by atoms with Crippen LogP contribution in [-0.4, -0.2) is 52.0 Å². The molecule has 3 heterocycles. The number of rotatable bonds is 4. The Morgan fingerprint density at radius 1 is 1.18 bits per heavy atom. The minimum atomic E-state index is 0.160. The van der Waals surface area contributed by atoms with E-state index in [2.05, 4.69) is 33.8 Å². The zero-order valence-electron chi connectivity index (χ0n) is 16.9. The maximum Gasteiger partial charge on any atom is 0.241 e. The van der Waals surface area contributed by atoms with Crippen LogP contribution in [0.1, 0.15) is 45.4 Å². The monoisotopic (exact) mass is 382 g/mol. The number of piperidine rings is 2. The third kappa shape index (κ3) is 4.43. The zero-order chi connectivity index (χ0) is 19.6. The molecular weight excluding hydrogens is 352 g/mol. The Hall–Kier alpha value is -2.21. The van der Waals surface area contributed by atoms with E-state index in [4.69, 9.17) is 4.52 Å². The highest BCUT2D eigenvalue weighted by Crippen LogP contribution is 2.31. The lowest BCUT2D eigenvalue weighted by atomic mass is 9.83. The topological polar surface area (TPSA) is 62.5 Å². The van der Waals surface area contributed by atoms with Crippen molar-refractivity contribution in [3.63, 3.8) is 0 Å². The fourth-order valence-corrected chi connectivity index (χ4v) is 4.42. The molecule has 0 bridgehead atoms. The van der Waals surface area contributed by atoms with Crippen LogP contribution in [0, 0.1) is 11.3 Å². The van der Waals surface area contributed by atoms with Gasteiger partial charge in [-0.25, -0.2) is 0 Å². The summed E-state index contributed by atoms with van der Waals surface area (Å²) >= 11 is 0. The van der Waals surface area contributed by atoms with Gasteiger partial charge in [-0.2, -0.15) is 4.98 Å². The minimum Gasteiger partial charge on any atom is -0.342 e. The van der Waals surface area contributed by atoms with E-state index in [-0.39, 0.29) is 11.3 Å². The van der Waals surface area contributed by atoms with E-state index >= 15 is 0 Å². The summed E-state index contributed by atoms with van der Waals surface area (Å²) < 4.78 is 5.44. The molecule has 0 N–H and O–H groups in total. The van der Waals surface area contributed by atoms with Crippen LogP contribution in [0.2, 0.25) is 0 Å². The Bertz CT molecular complexity index is 794. The minimum absolute atomic E-state index is 0.160. The van der Waals surface area contributed by atoms with Crippen LogP contribution in [0.4, 0.5) is 0 Å². The van der Waals surface area contributed by atoms with Gasteiger partial charge in [0.2, 0.25) is 17.6 Å². The van der Waals surface area contributed by atoms with Crippen LogP contribution in [0.25, 0.3) is 11.4 Å². The summed E-state index contributed by atoms with van der Waals surface area (Å²) in [6, 6.07) is 9.87. The molecule has 6 nitrogen and oxygen atoms in total. The maximum absolute atomic E-state index is 12.9. The SMILES string of the molecule is CC1(C)CCCN(C(=O)C2CCN(Cc3nc(-c4ccccc4)no3)CC2)C1. The Balaban J connectivity index is 1.29. The lowest BCUT2D eigenvalue weighted by molar-refractivity contribution is -0.140. The molecule has 2 aliphatic rings. The van der Waals surface area contributed by atoms with E-state index in [1.54, 1.807) is 0 Å². The van der Waals surface area contributed by atoms with E-state index < -0.39 is 0 Å². The Labute approximate surface area is 166 Å². The van der Waals surface area contributed by atoms with Crippen molar-refractivity contribution in [3.8, 4) is 11.4 Å². The molecule has 2 saturated heterocycles. The number of carbonyl (C=O) groups excluding carboxylic acids is 1. The number of amides is 1. The smallest absolute Gasteiger partial charge is 0.241 e. The van der Waals surface area contributed by atoms with E-state index in [0.29, 0.717) is 24.2 Å². The average molecular weight is 383 g/mol. The van der Waals surface area contributed by atoms with E-state index in [9.17, 15) is 4.79 Å². The van der Waals surface area contributed by atoms with Crippen LogP contribution in [0.5, 0.6) is 0 Å². The Kier molecular flexibility index (Phi) is 5.49. The largest absolute Gasteiger partial charge is 0.342 e. The highest BCUT2D eigenvalue weighted by Gasteiger charge is 2.34. The Morgan fingerprint density at radius 3 is 2.64 bits per heavy atom. The summed E-state index contributed by atoms with van der Waals surface area (Å²) in [5, 5.41) is 4.10. The van der Waals surface area contributed by atoms with Gasteiger partial charge >= 0.3 is 0 Å². The maximum atomic E-state index is 12.9. The van der Waals surface area contributed by atoms with Gasteiger partial charge in [0, 0.05) is 24.6 Å². The molecule has 2 fully saturated rings. The van der Waals surface area contributed by atoms with Crippen molar-refractivity contribution in [2.24, 2.45) is 11.3 Å². The number of carbonyl (C=O) groups is 1. The first-order valence-electron chi connectivity index (χ1n) is 10.4. The normalized spacial score (nSPS) is 21.0. The number of likely N-dealkylation sites (tertiary alicyclic amines) is 2. The van der Waals surface area contributed by atoms with Gasteiger partial charge in [-0.3, -0.25) is 9.69 Å². The summed E-state index contributed by atoms with van der Waals surface area (Å²) in [5.41, 5.74) is 1.22. The third-order valence-electron chi connectivity index (χ3n) is 6.01. The second kappa shape index (κ2) is 8.03. The van der Waals surface area contributed by atoms with Gasteiger partial charge in [0.05, 0.1) is 6.54 Å². The summed E-state index contributed by atoms with van der Waals surface area (Å²) in [5.74, 6) is 1.79. The molecule has 1 amide bonds. The molecule has 2 aromatic rings. The van der Waals surface area contributed by atoms with Crippen molar-refractivity contribution < 1.29 is 9.32 Å². The summed E-state index contributed by atoms with van der Waals surface area (Å²) in [4.78, 5) is 21.9. The first-order chi connectivity index (χ1) is 13.5. The average Bonchev–Trinajstić information content (AvgIpc) is 3.16. The second-order valence-corrected chi connectivity index (χ2v) is 8.96. The van der Waals surface area contributed by atoms with Crippen LogP contribution >= 0.6 is 0 Å². The quantitative estimate of drug-likeness (QED) is 0.808. The van der Waals surface area contributed by atoms with Gasteiger partial charge in [0.1, 0.15) is 0 Å². The van der Waals surface area contributed by atoms with Gasteiger partial charge in [0.25, 0.3) is 0 Å². The molecule has 6 heteroatoms. The van der Waals surface area contributed by atoms with Gasteiger partial charge in [0.15, 0.2) is 0 Å². The standard InChI is InChI=1S/C22H30N4O2/c1-22(2)11-6-12-26(16-22)21(27)18-9-13-25(14-10-18)15-19-23-20(24-28-19)17-7-4-3-5-8-17/h3-5,7-8,18H,6,9-16H2,1-2H3. The summed E-state index contributed by atoms with van der Waals surface area (Å²) in [6.07, 6.45) is 4.16. The van der Waals surface area contributed by atoms with Crippen molar-refractivity contribution in [1.29, 1.82) is 0 Å². The molecular formula is C22H30N4O2. The molecule has 150 valence electrons. The lowest BCUT2D eigenvalue weighted by Crippen LogP contribution is -2.48. The molecule has 0 aliphatic carbocycles. The fraction of sp³-hybridized carbons (Fsp3) is 0.591. The fourth-order valence-electron chi connectivity index (χ4n) is 4.42. The van der Waals surface area contributed by atoms with Crippen LogP contribution in [0.3, 0.4) is 0 Å². The first kappa shape index (κ1) is 19.1. The van der Waals surface area contributed by atoms with Gasteiger partial charge in [-0.15, -0.1) is 0 Å². The molecule has 2 aliphatic heterocycles. The van der Waals surface area contributed by atoms with Gasteiger partial charge < -0.3 is 9.42 Å². The predicted molar refractivity (Wildman–Crippen MR) is 107 cm³/mol. The molecule has 0 atom stereocenters. The molecule has 4 rings (SSSR count). The molecule has 0 radical (unpaired) electrons. The summed E-state index contributed by atoms with van der Waals surface area (Å²) in [6.45, 7) is 8.81. The first-order valence-corrected chi connectivity index (χ1v) is 10.4. The molecule has 0 unspecified atom stereocenters. The van der Waals surface area contributed by atoms with Crippen molar-refractivity contribution in [1.82, 2.24) is 19.9 Å². The van der Waals surface area contributed by atoms with Crippen molar-refractivity contribution >= 4 is 5.91 Å². The van der Waals surface area contributed by atoms with Crippen LogP contribution in [-0.2, 0) is 11.3 Å². The number of aromatic nitrogens is 2. The van der Waals surface area contributed by atoms with Crippen molar-refractivity contribution in [3.05, 3.63) is 36.2 Å². The number of benzene rings is 1. The van der Waals surface area contributed by atoms with Crippen LogP contribution in [0.15, 0.2) is 34.9 Å². The summed E-state index contributed by atoms with van der Waals surface area (Å²) in [7, 11) is 0. The highest BCUT2D eigenvalue weighted by atomic mass is 16.5. The molecule has 0 spiro atoms. The second-order valence-electron chi connectivity index (χ2n) is 8.96. The highest BCUT2D eigenvalue weighted by molar-refractivity contribution is 5.79. The number of hydrogen-bond donors (Lipinski definition) is 0. The zero-order valence-corrected chi connectivity index (χ0v) is 16.9. The third-order valence-corrected chi connectivity index (χ3v) is 6.01. The number of hydrogen-bond acceptors (Lipinski definition) is 5. The van der Waals surface area contributed by atoms with Crippen LogP contribution < -0.4 is 0 Å².